The van der Waals surface area contributed by atoms with Crippen molar-refractivity contribution in [1.82, 2.24) is 9.88 Å². The summed E-state index contributed by atoms with van der Waals surface area (Å²) in [4.78, 5) is 18.4. The van der Waals surface area contributed by atoms with Crippen LogP contribution in [0.3, 0.4) is 0 Å². The first-order chi connectivity index (χ1) is 11.6. The number of nitrogens with one attached hydrogen (secondary N) is 1. The van der Waals surface area contributed by atoms with Gasteiger partial charge in [-0.15, -0.1) is 12.4 Å². The van der Waals surface area contributed by atoms with Gasteiger partial charge in [-0.1, -0.05) is 0 Å². The predicted octanol–water partition coefficient (Wildman–Crippen LogP) is 3.55. The van der Waals surface area contributed by atoms with E-state index < -0.39 is 0 Å². The van der Waals surface area contributed by atoms with Gasteiger partial charge < -0.3 is 19.4 Å². The molecule has 0 atom stereocenters. The van der Waals surface area contributed by atoms with Gasteiger partial charge in [-0.25, -0.2) is 4.79 Å². The number of hydrogen-bond donors (Lipinski definition) is 1. The Hall–Kier alpha value is -1.72. The van der Waals surface area contributed by atoms with Gasteiger partial charge in [-0.2, -0.15) is 0 Å². The minimum absolute atomic E-state index is 0. The number of fused-ring (bicyclic) bond motifs is 4. The van der Waals surface area contributed by atoms with E-state index in [2.05, 4.69) is 9.88 Å². The number of carbonyl (C=O) groups is 1. The van der Waals surface area contributed by atoms with Crippen LogP contribution in [0.1, 0.15) is 35.2 Å². The van der Waals surface area contributed by atoms with Crippen LogP contribution >= 0.6 is 12.4 Å². The monoisotopic (exact) mass is 364 g/mol. The van der Waals surface area contributed by atoms with Gasteiger partial charge in [0.2, 0.25) is 0 Å². The van der Waals surface area contributed by atoms with Crippen molar-refractivity contribution in [2.75, 3.05) is 33.4 Å². The second kappa shape index (κ2) is 6.89. The molecule has 3 saturated heterocycles. The SMILES string of the molecule is COc1ccc2[nH]cc(C(=O)OCC34CCN(CC3)CC4)c2c1C.Cl. The number of aromatic amines is 1. The number of nitrogens with zero attached hydrogens (tertiary/aromatic N) is 1. The van der Waals surface area contributed by atoms with Crippen LogP contribution in [0.5, 0.6) is 5.75 Å². The first-order valence-electron chi connectivity index (χ1n) is 8.66. The summed E-state index contributed by atoms with van der Waals surface area (Å²) in [7, 11) is 1.65. The van der Waals surface area contributed by atoms with Gasteiger partial charge in [0.05, 0.1) is 19.3 Å². The quantitative estimate of drug-likeness (QED) is 0.843. The third-order valence-electron chi connectivity index (χ3n) is 5.88. The highest BCUT2D eigenvalue weighted by Gasteiger charge is 2.40. The number of ether oxygens (including phenoxy) is 2. The van der Waals surface area contributed by atoms with Crippen molar-refractivity contribution in [2.24, 2.45) is 5.41 Å². The summed E-state index contributed by atoms with van der Waals surface area (Å²) in [6.07, 6.45) is 5.17. The summed E-state index contributed by atoms with van der Waals surface area (Å²) >= 11 is 0. The fourth-order valence-corrected chi connectivity index (χ4v) is 4.17. The van der Waals surface area contributed by atoms with E-state index in [0.717, 1.165) is 61.1 Å². The van der Waals surface area contributed by atoms with Gasteiger partial charge in [-0.05, 0) is 58.0 Å². The number of benzene rings is 1. The number of methoxy groups -OCH3 is 1. The molecule has 4 heterocycles. The maximum atomic E-state index is 12.7. The van der Waals surface area contributed by atoms with Crippen molar-refractivity contribution in [3.8, 4) is 5.75 Å². The third kappa shape index (κ3) is 3.11. The fourth-order valence-electron chi connectivity index (χ4n) is 4.17. The fraction of sp³-hybridized carbons (Fsp3) is 0.526. The normalized spacial score (nSPS) is 24.8. The van der Waals surface area contributed by atoms with E-state index in [1.807, 2.05) is 19.1 Å². The Kier molecular flexibility index (Phi) is 4.98. The Labute approximate surface area is 154 Å². The van der Waals surface area contributed by atoms with Crippen LogP contribution in [0.15, 0.2) is 18.3 Å². The van der Waals surface area contributed by atoms with Crippen molar-refractivity contribution < 1.29 is 14.3 Å². The molecule has 5 rings (SSSR count). The van der Waals surface area contributed by atoms with Crippen LogP contribution in [-0.4, -0.2) is 49.2 Å². The van der Waals surface area contributed by atoms with Gasteiger partial charge in [-0.3, -0.25) is 0 Å². The lowest BCUT2D eigenvalue weighted by molar-refractivity contribution is -0.0304. The molecule has 1 aromatic heterocycles. The molecular weight excluding hydrogens is 340 g/mol. The number of H-pyrrole nitrogens is 1. The summed E-state index contributed by atoms with van der Waals surface area (Å²) in [6.45, 7) is 5.93. The van der Waals surface area contributed by atoms with E-state index in [1.54, 1.807) is 13.3 Å². The summed E-state index contributed by atoms with van der Waals surface area (Å²) in [6, 6.07) is 3.85. The average molecular weight is 365 g/mol. The molecule has 0 unspecified atom stereocenters. The first-order valence-corrected chi connectivity index (χ1v) is 8.66. The highest BCUT2D eigenvalue weighted by molar-refractivity contribution is 6.06. The van der Waals surface area contributed by atoms with Crippen LogP contribution in [-0.2, 0) is 4.74 Å². The zero-order chi connectivity index (χ0) is 16.7. The van der Waals surface area contributed by atoms with E-state index in [1.165, 1.54) is 0 Å². The minimum Gasteiger partial charge on any atom is -0.496 e. The Morgan fingerprint density at radius 1 is 1.24 bits per heavy atom. The van der Waals surface area contributed by atoms with Crippen molar-refractivity contribution in [1.29, 1.82) is 0 Å². The molecule has 3 aliphatic rings. The van der Waals surface area contributed by atoms with Gasteiger partial charge in [0.15, 0.2) is 0 Å². The Balaban J connectivity index is 0.00000182. The number of hydrogen-bond acceptors (Lipinski definition) is 4. The molecule has 1 N–H and O–H groups in total. The number of aryl methyl sites for hydroxylation is 1. The molecule has 25 heavy (non-hydrogen) atoms. The van der Waals surface area contributed by atoms with Crippen molar-refractivity contribution in [3.63, 3.8) is 0 Å². The lowest BCUT2D eigenvalue weighted by atomic mass is 9.73. The van der Waals surface area contributed by atoms with E-state index in [-0.39, 0.29) is 23.8 Å². The number of piperidine rings is 3. The second-order valence-electron chi connectivity index (χ2n) is 7.19. The van der Waals surface area contributed by atoms with Crippen LogP contribution in [0.2, 0.25) is 0 Å². The summed E-state index contributed by atoms with van der Waals surface area (Å²) in [5, 5.41) is 0.898. The van der Waals surface area contributed by atoms with Crippen LogP contribution in [0.4, 0.5) is 0 Å². The Bertz CT molecular complexity index is 765. The number of carbonyl (C=O) groups excluding carboxylic acids is 1. The van der Waals surface area contributed by atoms with E-state index >= 15 is 0 Å². The van der Waals surface area contributed by atoms with Gasteiger partial charge in [0, 0.05) is 28.1 Å². The molecule has 0 amide bonds. The minimum atomic E-state index is -0.236. The standard InChI is InChI=1S/C19H24N2O3.ClH/c1-13-16(23-2)4-3-15-17(13)14(11-20-15)18(22)24-12-19-5-8-21(9-6-19)10-7-19;/h3-4,11,20H,5-10,12H2,1-2H3;1H. The van der Waals surface area contributed by atoms with E-state index in [9.17, 15) is 4.79 Å². The first kappa shape index (κ1) is 18.1. The molecule has 0 spiro atoms. The zero-order valence-electron chi connectivity index (χ0n) is 14.8. The lowest BCUT2D eigenvalue weighted by Crippen LogP contribution is -2.50. The zero-order valence-corrected chi connectivity index (χ0v) is 15.6. The van der Waals surface area contributed by atoms with Gasteiger partial charge >= 0.3 is 5.97 Å². The van der Waals surface area contributed by atoms with Crippen LogP contribution in [0, 0.1) is 12.3 Å². The van der Waals surface area contributed by atoms with Crippen molar-refractivity contribution in [3.05, 3.63) is 29.5 Å². The molecule has 1 aromatic carbocycles. The number of aromatic nitrogens is 1. The van der Waals surface area contributed by atoms with Gasteiger partial charge in [0.1, 0.15) is 5.75 Å². The highest BCUT2D eigenvalue weighted by atomic mass is 35.5. The molecule has 6 heteroatoms. The average Bonchev–Trinajstić information content (AvgIpc) is 3.07. The molecule has 2 bridgehead atoms. The maximum Gasteiger partial charge on any atom is 0.340 e. The number of halogens is 1. The molecule has 0 aliphatic carbocycles. The van der Waals surface area contributed by atoms with Crippen LogP contribution in [0.25, 0.3) is 10.9 Å². The highest BCUT2D eigenvalue weighted by Crippen LogP contribution is 2.40. The number of esters is 1. The summed E-state index contributed by atoms with van der Waals surface area (Å²) in [5.74, 6) is 0.550. The lowest BCUT2D eigenvalue weighted by Gasteiger charge is -2.47. The maximum absolute atomic E-state index is 12.7. The molecule has 136 valence electrons. The topological polar surface area (TPSA) is 54.6 Å². The molecule has 0 saturated carbocycles. The van der Waals surface area contributed by atoms with Crippen LogP contribution < -0.4 is 4.74 Å². The Morgan fingerprint density at radius 2 is 1.92 bits per heavy atom. The Morgan fingerprint density at radius 3 is 2.56 bits per heavy atom. The van der Waals surface area contributed by atoms with Gasteiger partial charge in [0.25, 0.3) is 0 Å². The molecule has 5 nitrogen and oxygen atoms in total. The summed E-state index contributed by atoms with van der Waals surface area (Å²) in [5.41, 5.74) is 2.70. The molecule has 3 fully saturated rings. The summed E-state index contributed by atoms with van der Waals surface area (Å²) < 4.78 is 11.1. The third-order valence-corrected chi connectivity index (χ3v) is 5.88. The molecule has 2 aromatic rings. The molecule has 0 radical (unpaired) electrons. The van der Waals surface area contributed by atoms with E-state index in [0.29, 0.717) is 12.2 Å². The largest absolute Gasteiger partial charge is 0.496 e. The predicted molar refractivity (Wildman–Crippen MR) is 99.8 cm³/mol. The van der Waals surface area contributed by atoms with Crippen molar-refractivity contribution >= 4 is 29.3 Å². The second-order valence-corrected chi connectivity index (χ2v) is 7.19. The molecular formula is C19H25ClN2O3. The number of rotatable bonds is 4. The van der Waals surface area contributed by atoms with E-state index in [4.69, 9.17) is 9.47 Å². The molecule has 3 aliphatic heterocycles. The van der Waals surface area contributed by atoms with Crippen molar-refractivity contribution in [2.45, 2.75) is 26.2 Å². The smallest absolute Gasteiger partial charge is 0.340 e.